The van der Waals surface area contributed by atoms with Crippen LogP contribution in [0.2, 0.25) is 10.2 Å². The van der Waals surface area contributed by atoms with Crippen molar-refractivity contribution in [2.45, 2.75) is 36.2 Å². The third kappa shape index (κ3) is 3.87. The monoisotopic (exact) mass is 490 g/mol. The standard InChI is InChI=1S/C22H17Cl2FN4O2S/c1-2-28-11-13(10-26-28)29-19-14(8-9-15(23)18(19)25)20(21(29)24)32-17-5-3-4-16(27-17)31-22(30)12-6-7-12/h3-5,8-12H,2,6-7H2,1H3. The van der Waals surface area contributed by atoms with Gasteiger partial charge in [0.15, 0.2) is 5.82 Å². The fraction of sp³-hybridized carbons (Fsp3) is 0.227. The van der Waals surface area contributed by atoms with Crippen molar-refractivity contribution in [1.29, 1.82) is 0 Å². The highest BCUT2D eigenvalue weighted by molar-refractivity contribution is 7.99. The molecule has 0 unspecified atom stereocenters. The summed E-state index contributed by atoms with van der Waals surface area (Å²) in [4.78, 5) is 17.0. The van der Waals surface area contributed by atoms with Crippen LogP contribution in [0.25, 0.3) is 16.6 Å². The van der Waals surface area contributed by atoms with Crippen LogP contribution in [0.5, 0.6) is 5.88 Å². The summed E-state index contributed by atoms with van der Waals surface area (Å²) in [7, 11) is 0. The number of halogens is 3. The van der Waals surface area contributed by atoms with Crippen molar-refractivity contribution >= 4 is 51.8 Å². The van der Waals surface area contributed by atoms with E-state index in [1.54, 1.807) is 45.9 Å². The van der Waals surface area contributed by atoms with E-state index in [-0.39, 0.29) is 28.3 Å². The van der Waals surface area contributed by atoms with E-state index >= 15 is 4.39 Å². The maximum absolute atomic E-state index is 15.1. The summed E-state index contributed by atoms with van der Waals surface area (Å²) in [6.07, 6.45) is 5.12. The predicted molar refractivity (Wildman–Crippen MR) is 121 cm³/mol. The van der Waals surface area contributed by atoms with Gasteiger partial charge in [-0.1, -0.05) is 41.0 Å². The zero-order chi connectivity index (χ0) is 22.4. The first-order valence-electron chi connectivity index (χ1n) is 10.0. The van der Waals surface area contributed by atoms with E-state index in [4.69, 9.17) is 27.9 Å². The Kier molecular flexibility index (Phi) is 5.61. The Morgan fingerprint density at radius 3 is 2.81 bits per heavy atom. The molecule has 3 heterocycles. The summed E-state index contributed by atoms with van der Waals surface area (Å²) in [5.41, 5.74) is 0.881. The number of benzene rings is 1. The summed E-state index contributed by atoms with van der Waals surface area (Å²) < 4.78 is 23.8. The highest BCUT2D eigenvalue weighted by atomic mass is 35.5. The van der Waals surface area contributed by atoms with Gasteiger partial charge in [0.05, 0.1) is 33.2 Å². The number of rotatable bonds is 6. The number of hydrogen-bond donors (Lipinski definition) is 0. The Hall–Kier alpha value is -2.55. The van der Waals surface area contributed by atoms with Gasteiger partial charge in [-0.25, -0.2) is 9.37 Å². The van der Waals surface area contributed by atoms with Gasteiger partial charge in [0.25, 0.3) is 0 Å². The molecule has 0 radical (unpaired) electrons. The normalized spacial score (nSPS) is 13.6. The minimum Gasteiger partial charge on any atom is -0.407 e. The summed E-state index contributed by atoms with van der Waals surface area (Å²) in [6.45, 7) is 2.62. The van der Waals surface area contributed by atoms with E-state index in [1.807, 2.05) is 6.92 Å². The zero-order valence-electron chi connectivity index (χ0n) is 16.9. The van der Waals surface area contributed by atoms with Gasteiger partial charge in [-0.15, -0.1) is 0 Å². The molecule has 32 heavy (non-hydrogen) atoms. The summed E-state index contributed by atoms with van der Waals surface area (Å²) in [5.74, 6) is -0.635. The van der Waals surface area contributed by atoms with Crippen molar-refractivity contribution in [2.24, 2.45) is 5.92 Å². The zero-order valence-corrected chi connectivity index (χ0v) is 19.2. The maximum Gasteiger partial charge on any atom is 0.315 e. The molecule has 164 valence electrons. The number of fused-ring (bicyclic) bond motifs is 1. The molecule has 0 saturated heterocycles. The summed E-state index contributed by atoms with van der Waals surface area (Å²) >= 11 is 14.1. The molecule has 1 aliphatic rings. The number of carbonyl (C=O) groups is 1. The van der Waals surface area contributed by atoms with Gasteiger partial charge in [-0.3, -0.25) is 14.0 Å². The fourth-order valence-electron chi connectivity index (χ4n) is 3.35. The first kappa shape index (κ1) is 21.3. The van der Waals surface area contributed by atoms with Gasteiger partial charge in [-0.05, 0) is 38.0 Å². The first-order valence-corrected chi connectivity index (χ1v) is 11.6. The van der Waals surface area contributed by atoms with Gasteiger partial charge in [0.1, 0.15) is 10.2 Å². The van der Waals surface area contributed by atoms with Crippen LogP contribution in [0, 0.1) is 11.7 Å². The Bertz CT molecular complexity index is 1350. The molecule has 0 aliphatic heterocycles. The average Bonchev–Trinajstić information content (AvgIpc) is 3.47. The van der Waals surface area contributed by atoms with Crippen LogP contribution in [0.3, 0.4) is 0 Å². The third-order valence-electron chi connectivity index (χ3n) is 5.14. The lowest BCUT2D eigenvalue weighted by atomic mass is 10.2. The Balaban J connectivity index is 1.58. The Morgan fingerprint density at radius 1 is 1.28 bits per heavy atom. The summed E-state index contributed by atoms with van der Waals surface area (Å²) in [5, 5.41) is 5.74. The van der Waals surface area contributed by atoms with E-state index in [0.717, 1.165) is 12.8 Å². The fourth-order valence-corrected chi connectivity index (χ4v) is 4.85. The van der Waals surface area contributed by atoms with E-state index in [2.05, 4.69) is 10.1 Å². The molecule has 0 atom stereocenters. The molecule has 0 N–H and O–H groups in total. The highest BCUT2D eigenvalue weighted by Gasteiger charge is 2.32. The lowest BCUT2D eigenvalue weighted by Gasteiger charge is -2.06. The smallest absolute Gasteiger partial charge is 0.315 e. The van der Waals surface area contributed by atoms with Crippen LogP contribution in [0.1, 0.15) is 19.8 Å². The van der Waals surface area contributed by atoms with Crippen LogP contribution in [-0.4, -0.2) is 25.3 Å². The maximum atomic E-state index is 15.1. The van der Waals surface area contributed by atoms with E-state index in [0.29, 0.717) is 32.7 Å². The molecule has 3 aromatic heterocycles. The molecule has 1 aliphatic carbocycles. The molecule has 1 fully saturated rings. The number of aryl methyl sites for hydroxylation is 1. The van der Waals surface area contributed by atoms with Gasteiger partial charge in [0.2, 0.25) is 5.88 Å². The molecule has 0 bridgehead atoms. The van der Waals surface area contributed by atoms with Crippen molar-refractivity contribution in [3.63, 3.8) is 0 Å². The number of esters is 1. The Morgan fingerprint density at radius 2 is 2.09 bits per heavy atom. The topological polar surface area (TPSA) is 61.9 Å². The second-order valence-corrected chi connectivity index (χ2v) is 9.17. The van der Waals surface area contributed by atoms with Crippen molar-refractivity contribution in [3.8, 4) is 11.6 Å². The van der Waals surface area contributed by atoms with E-state index in [1.165, 1.54) is 17.8 Å². The van der Waals surface area contributed by atoms with Crippen molar-refractivity contribution in [3.05, 3.63) is 58.7 Å². The van der Waals surface area contributed by atoms with Crippen LogP contribution < -0.4 is 4.74 Å². The third-order valence-corrected chi connectivity index (χ3v) is 6.96. The lowest BCUT2D eigenvalue weighted by Crippen LogP contribution is -2.10. The number of pyridine rings is 1. The Labute approximate surface area is 197 Å². The molecule has 5 rings (SSSR count). The molecule has 4 aromatic rings. The predicted octanol–water partition coefficient (Wildman–Crippen LogP) is 6.15. The molecular weight excluding hydrogens is 474 g/mol. The number of hydrogen-bond acceptors (Lipinski definition) is 5. The van der Waals surface area contributed by atoms with E-state index < -0.39 is 5.82 Å². The van der Waals surface area contributed by atoms with Gasteiger partial charge < -0.3 is 4.74 Å². The van der Waals surface area contributed by atoms with Crippen LogP contribution in [-0.2, 0) is 11.3 Å². The first-order chi connectivity index (χ1) is 15.5. The molecule has 6 nitrogen and oxygen atoms in total. The van der Waals surface area contributed by atoms with Crippen molar-refractivity contribution in [1.82, 2.24) is 19.3 Å². The van der Waals surface area contributed by atoms with Crippen LogP contribution >= 0.6 is 35.0 Å². The number of ether oxygens (including phenoxy) is 1. The number of aromatic nitrogens is 4. The van der Waals surface area contributed by atoms with Crippen LogP contribution in [0.15, 0.2) is 52.6 Å². The molecular formula is C22H17Cl2FN4O2S. The van der Waals surface area contributed by atoms with Crippen molar-refractivity contribution < 1.29 is 13.9 Å². The largest absolute Gasteiger partial charge is 0.407 e. The quantitative estimate of drug-likeness (QED) is 0.303. The molecule has 0 amide bonds. The SMILES string of the molecule is CCn1cc(-n2c(Cl)c(Sc3cccc(OC(=O)C4CC4)n3)c3ccc(Cl)c(F)c32)cn1. The molecule has 1 saturated carbocycles. The second kappa shape index (κ2) is 8.42. The number of carbonyl (C=O) groups excluding carboxylic acids is 1. The highest BCUT2D eigenvalue weighted by Crippen LogP contribution is 2.44. The van der Waals surface area contributed by atoms with E-state index in [9.17, 15) is 4.79 Å². The van der Waals surface area contributed by atoms with Gasteiger partial charge in [0, 0.05) is 24.2 Å². The summed E-state index contributed by atoms with van der Waals surface area (Å²) in [6, 6.07) is 8.39. The molecule has 1 aromatic carbocycles. The molecule has 10 heteroatoms. The number of nitrogens with zero attached hydrogens (tertiary/aromatic N) is 4. The average molecular weight is 491 g/mol. The van der Waals surface area contributed by atoms with Gasteiger partial charge >= 0.3 is 5.97 Å². The second-order valence-electron chi connectivity index (χ2n) is 7.38. The lowest BCUT2D eigenvalue weighted by molar-refractivity contribution is -0.136. The minimum atomic E-state index is -0.567. The van der Waals surface area contributed by atoms with Crippen LogP contribution in [0.4, 0.5) is 4.39 Å². The molecule has 0 spiro atoms. The van der Waals surface area contributed by atoms with Gasteiger partial charge in [-0.2, -0.15) is 5.10 Å². The minimum absolute atomic E-state index is 0.000499. The van der Waals surface area contributed by atoms with Crippen molar-refractivity contribution in [2.75, 3.05) is 0 Å².